The Balaban J connectivity index is 1.69. The van der Waals surface area contributed by atoms with Crippen LogP contribution in [0.5, 0.6) is 0 Å². The van der Waals surface area contributed by atoms with E-state index in [1.165, 1.54) is 0 Å². The van der Waals surface area contributed by atoms with E-state index in [2.05, 4.69) is 13.0 Å². The average Bonchev–Trinajstić information content (AvgIpc) is 3.00. The molecule has 0 aromatic heterocycles. The Labute approximate surface area is 156 Å². The summed E-state index contributed by atoms with van der Waals surface area (Å²) in [4.78, 5) is 29.8. The largest absolute Gasteiger partial charge is 0.339 e. The van der Waals surface area contributed by atoms with Gasteiger partial charge in [0.25, 0.3) is 5.91 Å². The molecule has 0 bridgehead atoms. The number of piperidine rings is 1. The van der Waals surface area contributed by atoms with Crippen molar-refractivity contribution < 1.29 is 9.59 Å². The maximum absolute atomic E-state index is 13.0. The van der Waals surface area contributed by atoms with Crippen LogP contribution in [0.15, 0.2) is 18.2 Å². The summed E-state index contributed by atoms with van der Waals surface area (Å²) in [6.45, 7) is 8.78. The molecule has 142 valence electrons. The van der Waals surface area contributed by atoms with E-state index >= 15 is 0 Å². The third-order valence-electron chi connectivity index (χ3n) is 5.80. The van der Waals surface area contributed by atoms with Crippen LogP contribution in [-0.4, -0.2) is 53.8 Å². The van der Waals surface area contributed by atoms with Crippen molar-refractivity contribution in [2.75, 3.05) is 26.2 Å². The van der Waals surface area contributed by atoms with E-state index in [0.717, 1.165) is 49.0 Å². The molecule has 1 aromatic rings. The smallest absolute Gasteiger partial charge is 0.253 e. The number of nitrogens with zero attached hydrogens (tertiary/aromatic N) is 2. The van der Waals surface area contributed by atoms with Crippen molar-refractivity contribution in [2.24, 2.45) is 17.6 Å². The van der Waals surface area contributed by atoms with Gasteiger partial charge in [0, 0.05) is 31.2 Å². The number of amides is 2. The molecule has 3 atom stereocenters. The average molecular weight is 357 g/mol. The Kier molecular flexibility index (Phi) is 5.66. The summed E-state index contributed by atoms with van der Waals surface area (Å²) >= 11 is 0. The van der Waals surface area contributed by atoms with Gasteiger partial charge in [0.15, 0.2) is 0 Å². The van der Waals surface area contributed by atoms with E-state index in [9.17, 15) is 9.59 Å². The summed E-state index contributed by atoms with van der Waals surface area (Å²) in [6.07, 6.45) is 2.74. The molecule has 3 unspecified atom stereocenters. The predicted octanol–water partition coefficient (Wildman–Crippen LogP) is 2.35. The van der Waals surface area contributed by atoms with E-state index in [0.29, 0.717) is 19.0 Å². The zero-order valence-electron chi connectivity index (χ0n) is 16.2. The SMILES string of the molecule is Cc1cc(C)cc(C(=O)N2CCCC(C(=O)N3CC(CN)CC3C)C2)c1. The van der Waals surface area contributed by atoms with Gasteiger partial charge in [0.1, 0.15) is 0 Å². The molecule has 2 aliphatic heterocycles. The molecule has 5 nitrogen and oxygen atoms in total. The molecule has 2 fully saturated rings. The lowest BCUT2D eigenvalue weighted by molar-refractivity contribution is -0.137. The second-order valence-corrected chi connectivity index (χ2v) is 8.14. The van der Waals surface area contributed by atoms with Gasteiger partial charge in [0.2, 0.25) is 5.91 Å². The summed E-state index contributed by atoms with van der Waals surface area (Å²) in [6, 6.07) is 6.20. The topological polar surface area (TPSA) is 66.6 Å². The third kappa shape index (κ3) is 3.93. The highest BCUT2D eigenvalue weighted by atomic mass is 16.2. The van der Waals surface area contributed by atoms with Crippen molar-refractivity contribution in [3.8, 4) is 0 Å². The standard InChI is InChI=1S/C21H31N3O2/c1-14-7-15(2)9-19(8-14)20(25)23-6-4-5-18(13-23)21(26)24-12-17(11-22)10-16(24)3/h7-9,16-18H,4-6,10-13,22H2,1-3H3. The zero-order chi connectivity index (χ0) is 18.8. The normalized spacial score (nSPS) is 26.2. The van der Waals surface area contributed by atoms with Crippen molar-refractivity contribution in [3.63, 3.8) is 0 Å². The minimum atomic E-state index is -0.0856. The van der Waals surface area contributed by atoms with Crippen LogP contribution in [0.2, 0.25) is 0 Å². The van der Waals surface area contributed by atoms with Crippen LogP contribution < -0.4 is 5.73 Å². The van der Waals surface area contributed by atoms with Crippen LogP contribution in [0.3, 0.4) is 0 Å². The van der Waals surface area contributed by atoms with Crippen molar-refractivity contribution in [1.82, 2.24) is 9.80 Å². The molecule has 2 N–H and O–H groups in total. The first kappa shape index (κ1) is 18.9. The molecule has 3 rings (SSSR count). The number of likely N-dealkylation sites (tertiary alicyclic amines) is 2. The first-order valence-electron chi connectivity index (χ1n) is 9.77. The van der Waals surface area contributed by atoms with E-state index < -0.39 is 0 Å². The highest BCUT2D eigenvalue weighted by Gasteiger charge is 2.37. The van der Waals surface area contributed by atoms with Crippen molar-refractivity contribution >= 4 is 11.8 Å². The molecular formula is C21H31N3O2. The Bertz CT molecular complexity index is 668. The number of nitrogens with two attached hydrogens (primary N) is 1. The molecule has 2 saturated heterocycles. The summed E-state index contributed by atoms with van der Waals surface area (Å²) in [5.74, 6) is 0.568. The fraction of sp³-hybridized carbons (Fsp3) is 0.619. The third-order valence-corrected chi connectivity index (χ3v) is 5.80. The fourth-order valence-corrected chi connectivity index (χ4v) is 4.50. The van der Waals surface area contributed by atoms with Gasteiger partial charge in [-0.15, -0.1) is 0 Å². The van der Waals surface area contributed by atoms with Crippen molar-refractivity contribution in [3.05, 3.63) is 34.9 Å². The van der Waals surface area contributed by atoms with Crippen LogP contribution in [0.1, 0.15) is 47.7 Å². The summed E-state index contributed by atoms with van der Waals surface area (Å²) < 4.78 is 0. The molecule has 0 aliphatic carbocycles. The Hall–Kier alpha value is -1.88. The molecule has 0 radical (unpaired) electrons. The second kappa shape index (κ2) is 7.78. The summed E-state index contributed by atoms with van der Waals surface area (Å²) in [5.41, 5.74) is 8.71. The summed E-state index contributed by atoms with van der Waals surface area (Å²) in [7, 11) is 0. The van der Waals surface area contributed by atoms with Gasteiger partial charge in [-0.3, -0.25) is 9.59 Å². The van der Waals surface area contributed by atoms with Crippen LogP contribution in [0.4, 0.5) is 0 Å². The number of carbonyl (C=O) groups excluding carboxylic acids is 2. The number of benzene rings is 1. The van der Waals surface area contributed by atoms with E-state index in [1.54, 1.807) is 0 Å². The van der Waals surface area contributed by atoms with Gasteiger partial charge < -0.3 is 15.5 Å². The number of rotatable bonds is 3. The maximum Gasteiger partial charge on any atom is 0.253 e. The Morgan fingerprint density at radius 3 is 2.46 bits per heavy atom. The van der Waals surface area contributed by atoms with Crippen molar-refractivity contribution in [2.45, 2.75) is 46.1 Å². The molecular weight excluding hydrogens is 326 g/mol. The van der Waals surface area contributed by atoms with E-state index in [-0.39, 0.29) is 23.8 Å². The number of hydrogen-bond acceptors (Lipinski definition) is 3. The predicted molar refractivity (Wildman–Crippen MR) is 103 cm³/mol. The molecule has 26 heavy (non-hydrogen) atoms. The number of aryl methyl sites for hydroxylation is 2. The lowest BCUT2D eigenvalue weighted by atomic mass is 9.95. The number of hydrogen-bond donors (Lipinski definition) is 1. The number of carbonyl (C=O) groups is 2. The van der Waals surface area contributed by atoms with Gasteiger partial charge in [-0.1, -0.05) is 17.2 Å². The quantitative estimate of drug-likeness (QED) is 0.903. The van der Waals surface area contributed by atoms with Gasteiger partial charge in [-0.25, -0.2) is 0 Å². The Morgan fingerprint density at radius 1 is 1.15 bits per heavy atom. The second-order valence-electron chi connectivity index (χ2n) is 8.14. The van der Waals surface area contributed by atoms with Crippen LogP contribution in [0, 0.1) is 25.7 Å². The minimum Gasteiger partial charge on any atom is -0.339 e. The first-order valence-corrected chi connectivity index (χ1v) is 9.77. The molecule has 2 heterocycles. The molecule has 1 aromatic carbocycles. The van der Waals surface area contributed by atoms with Gasteiger partial charge in [0.05, 0.1) is 5.92 Å². The molecule has 0 spiro atoms. The van der Waals surface area contributed by atoms with Crippen LogP contribution >= 0.6 is 0 Å². The fourth-order valence-electron chi connectivity index (χ4n) is 4.50. The summed E-state index contributed by atoms with van der Waals surface area (Å²) in [5, 5.41) is 0. The lowest BCUT2D eigenvalue weighted by Gasteiger charge is -2.35. The van der Waals surface area contributed by atoms with Crippen LogP contribution in [0.25, 0.3) is 0 Å². The van der Waals surface area contributed by atoms with E-state index in [1.807, 2.05) is 35.8 Å². The highest BCUT2D eigenvalue weighted by Crippen LogP contribution is 2.27. The minimum absolute atomic E-state index is 0.0450. The molecule has 0 saturated carbocycles. The highest BCUT2D eigenvalue weighted by molar-refractivity contribution is 5.95. The van der Waals surface area contributed by atoms with E-state index in [4.69, 9.17) is 5.73 Å². The van der Waals surface area contributed by atoms with Gasteiger partial charge in [-0.2, -0.15) is 0 Å². The molecule has 2 amide bonds. The zero-order valence-corrected chi connectivity index (χ0v) is 16.2. The monoisotopic (exact) mass is 357 g/mol. The van der Waals surface area contributed by atoms with Gasteiger partial charge >= 0.3 is 0 Å². The molecule has 2 aliphatic rings. The van der Waals surface area contributed by atoms with Crippen LogP contribution in [-0.2, 0) is 4.79 Å². The van der Waals surface area contributed by atoms with Crippen molar-refractivity contribution in [1.29, 1.82) is 0 Å². The maximum atomic E-state index is 13.0. The lowest BCUT2D eigenvalue weighted by Crippen LogP contribution is -2.47. The van der Waals surface area contributed by atoms with Gasteiger partial charge in [-0.05, 0) is 64.6 Å². The first-order chi connectivity index (χ1) is 12.4. The Morgan fingerprint density at radius 2 is 1.85 bits per heavy atom. The molecule has 5 heteroatoms.